The van der Waals surface area contributed by atoms with E-state index in [4.69, 9.17) is 50.5 Å². The number of benzene rings is 3. The number of hydrogen-bond donors (Lipinski definition) is 1. The van der Waals surface area contributed by atoms with Crippen molar-refractivity contribution in [3.63, 3.8) is 0 Å². The van der Waals surface area contributed by atoms with E-state index in [1.54, 1.807) is 33.8 Å². The summed E-state index contributed by atoms with van der Waals surface area (Å²) in [6.45, 7) is 20.5. The number of H-pyrrole nitrogens is 1. The van der Waals surface area contributed by atoms with Gasteiger partial charge in [-0.1, -0.05) is 79.9 Å². The molecule has 4 aromatic heterocycles. The van der Waals surface area contributed by atoms with Crippen LogP contribution in [0.25, 0.3) is 10.9 Å². The number of piperazine rings is 3. The first kappa shape index (κ1) is 87.0. The summed E-state index contributed by atoms with van der Waals surface area (Å²) in [5.74, 6) is -0.926. The summed E-state index contributed by atoms with van der Waals surface area (Å²) in [4.78, 5) is 104. The number of aromatic nitrogens is 8. The molecule has 7 aromatic rings. The van der Waals surface area contributed by atoms with E-state index >= 15 is 0 Å². The van der Waals surface area contributed by atoms with Gasteiger partial charge in [-0.25, -0.2) is 17.6 Å². The van der Waals surface area contributed by atoms with Crippen LogP contribution >= 0.6 is 11.6 Å². The van der Waals surface area contributed by atoms with E-state index in [1.807, 2.05) is 16.8 Å². The van der Waals surface area contributed by atoms with Gasteiger partial charge >= 0.3 is 18.0 Å². The molecule has 11 atom stereocenters. The van der Waals surface area contributed by atoms with Crippen molar-refractivity contribution in [1.82, 2.24) is 84.2 Å². The number of rotatable bonds is 21. The van der Waals surface area contributed by atoms with E-state index in [-0.39, 0.29) is 123 Å². The van der Waals surface area contributed by atoms with Gasteiger partial charge in [-0.05, 0) is 93.7 Å². The Kier molecular flexibility index (Phi) is 26.3. The molecule has 6 saturated heterocycles. The molecular weight excluding hydrogens is 1630 g/mol. The first-order chi connectivity index (χ1) is 60.5. The first-order valence-corrected chi connectivity index (χ1v) is 43.0. The topological polar surface area (TPSA) is 321 Å². The van der Waals surface area contributed by atoms with E-state index in [1.165, 1.54) is 51.6 Å². The Balaban J connectivity index is 0.000000139. The Bertz CT molecular complexity index is 5400. The van der Waals surface area contributed by atoms with Crippen LogP contribution in [0, 0.1) is 45.7 Å². The number of methoxy groups -OCH3 is 1. The van der Waals surface area contributed by atoms with Gasteiger partial charge in [0.15, 0.2) is 0 Å². The van der Waals surface area contributed by atoms with Crippen LogP contribution in [0.5, 0.6) is 18.0 Å². The zero-order chi connectivity index (χ0) is 87.6. The second kappa shape index (κ2) is 37.7. The fraction of sp³-hybridized carbons (Fsp3) is 0.506. The number of carbonyl (C=O) groups is 4. The summed E-state index contributed by atoms with van der Waals surface area (Å²) in [6, 6.07) is 25.4. The lowest BCUT2D eigenvalue weighted by Crippen LogP contribution is -2.55. The number of likely N-dealkylation sites (N-methyl/N-ethyl adjacent to an activating group) is 3. The molecule has 0 spiro atoms. The molecular formula is C89H102ClF4N23O8. The molecule has 4 amide bonds. The SMILES string of the molecule is C=CC(=O)N1CCN(c2nc(OC[C@@H]3C[C@@H](F)CN3C)nc3c2CN(C2CCc4ccccc42)C3)C[C@@H]1CC#N.C=CC(=O)N1CCN(c2nc(O[C@@H]3CN(C)C[C@H]3C(F)F)nc3c2CN(C(=O)c2c(Cl)c(F)cc4[nH]ncc24)C3)C[C@@H]1CC#N.C=CC(=O)N1CCN(c2nc(O[C@@H]3CN(C)C[C@H]3OC)nc3c2CN(C2CCc4ccccc42)C3)C[C@@H]1CC#N. The van der Waals surface area contributed by atoms with E-state index < -0.39 is 42.4 Å². The van der Waals surface area contributed by atoms with Crippen molar-refractivity contribution in [2.75, 3.05) is 141 Å². The highest BCUT2D eigenvalue weighted by atomic mass is 35.5. The Hall–Kier alpha value is -11.5. The van der Waals surface area contributed by atoms with Crippen molar-refractivity contribution < 1.29 is 55.7 Å². The number of amides is 4. The zero-order valence-electron chi connectivity index (χ0n) is 70.6. The molecule has 2 aliphatic carbocycles. The lowest BCUT2D eigenvalue weighted by Gasteiger charge is -2.41. The molecule has 6 fully saturated rings. The van der Waals surface area contributed by atoms with Gasteiger partial charge in [0.2, 0.25) is 24.1 Å². The standard InChI is InChI=1S/C30H36FN7O2.C30H37N7O3.C29H29ClF3N9O3/c1-3-28(39)38-13-12-36(16-22(38)10-11-32)29-25-17-37(27-9-8-20-6-4-5-7-24(20)27)18-26(25)33-30(34-29)40-19-23-14-21(31)15-35(23)2;1-4-28(38)37-14-13-35(15-21(37)11-12-31)29-23-16-36(25-10-9-20-7-5-6-8-22(20)25)17-24(23)32-30(33-29)40-27-19-34(2)18-26(27)39-3;1-3-23(43)42-7-6-40(10-15(42)4-5-34)27-17-12-41(28(44)24-16-9-35-38-20(16)8-19(31)25(24)30)13-21(17)36-29(37-27)45-22-14-39(2)11-18(22)26(32)33/h3-7,21-23,27H,1,8-10,12-19H2,2H3;4-8,21,25-27H,1,9-11,13-19H2,2-3H3;3,8-9,15,18,22,26H,1,4,6-7,10-14H2,2H3,(H,35,38)/t21-,22+,23+,27?;21-,25?,26+,27+;15-,18+,22+/m100/s1. The van der Waals surface area contributed by atoms with Crippen LogP contribution in [0.4, 0.5) is 35.0 Å². The van der Waals surface area contributed by atoms with Crippen LogP contribution in [0.2, 0.25) is 5.02 Å². The smallest absolute Gasteiger partial charge is 0.319 e. The second-order valence-corrected chi connectivity index (χ2v) is 34.4. The van der Waals surface area contributed by atoms with Crippen LogP contribution < -0.4 is 28.9 Å². The average molecular weight is 1730 g/mol. The molecule has 13 heterocycles. The van der Waals surface area contributed by atoms with Crippen LogP contribution in [0.3, 0.4) is 0 Å². The molecule has 9 aliphatic heterocycles. The number of nitriles is 3. The lowest BCUT2D eigenvalue weighted by atomic mass is 10.1. The number of aromatic amines is 1. The highest BCUT2D eigenvalue weighted by molar-refractivity contribution is 6.35. The molecule has 2 unspecified atom stereocenters. The Morgan fingerprint density at radius 1 is 0.584 bits per heavy atom. The van der Waals surface area contributed by atoms with Crippen LogP contribution in [0.15, 0.2) is 98.8 Å². The average Bonchev–Trinajstić information content (AvgIpc) is 1.63. The van der Waals surface area contributed by atoms with Gasteiger partial charge in [0.25, 0.3) is 5.91 Å². The van der Waals surface area contributed by atoms with E-state index in [0.717, 1.165) is 98.6 Å². The summed E-state index contributed by atoms with van der Waals surface area (Å²) < 4.78 is 80.5. The van der Waals surface area contributed by atoms with Gasteiger partial charge in [0.05, 0.1) is 114 Å². The van der Waals surface area contributed by atoms with Crippen LogP contribution in [-0.2, 0) is 71.2 Å². The van der Waals surface area contributed by atoms with E-state index in [2.05, 4.69) is 138 Å². The number of nitrogens with one attached hydrogen (secondary N) is 1. The Morgan fingerprint density at radius 2 is 1.05 bits per heavy atom. The number of aryl methyl sites for hydroxylation is 2. The van der Waals surface area contributed by atoms with Gasteiger partial charge in [0, 0.05) is 171 Å². The normalized spacial score (nSPS) is 24.8. The molecule has 125 heavy (non-hydrogen) atoms. The Morgan fingerprint density at radius 3 is 1.54 bits per heavy atom. The predicted octanol–water partition coefficient (Wildman–Crippen LogP) is 8.31. The van der Waals surface area contributed by atoms with Crippen molar-refractivity contribution in [2.45, 2.75) is 158 Å². The van der Waals surface area contributed by atoms with Gasteiger partial charge < -0.3 is 58.1 Å². The molecule has 31 nitrogen and oxygen atoms in total. The third-order valence-electron chi connectivity index (χ3n) is 26.3. The minimum atomic E-state index is -2.61. The first-order valence-electron chi connectivity index (χ1n) is 42.6. The van der Waals surface area contributed by atoms with Crippen molar-refractivity contribution in [3.8, 4) is 36.2 Å². The summed E-state index contributed by atoms with van der Waals surface area (Å²) in [6.07, 6.45) is 6.01. The zero-order valence-corrected chi connectivity index (χ0v) is 71.3. The molecule has 1 N–H and O–H groups in total. The third-order valence-corrected chi connectivity index (χ3v) is 26.6. The van der Waals surface area contributed by atoms with Crippen molar-refractivity contribution >= 4 is 63.6 Å². The maximum atomic E-state index is 14.7. The number of halogens is 5. The van der Waals surface area contributed by atoms with Crippen LogP contribution in [0.1, 0.15) is 117 Å². The highest BCUT2D eigenvalue weighted by Gasteiger charge is 2.46. The summed E-state index contributed by atoms with van der Waals surface area (Å²) in [5, 5.41) is 35.0. The number of carbonyl (C=O) groups excluding carboxylic acids is 4. The molecule has 0 bridgehead atoms. The number of hydrogen-bond acceptors (Lipinski definition) is 26. The van der Waals surface area contributed by atoms with E-state index in [9.17, 15) is 52.5 Å². The second-order valence-electron chi connectivity index (χ2n) is 34.0. The number of nitrogens with zero attached hydrogens (tertiary/aromatic N) is 22. The fourth-order valence-electron chi connectivity index (χ4n) is 19.9. The molecule has 18 rings (SSSR count). The third kappa shape index (κ3) is 18.1. The quantitative estimate of drug-likeness (QED) is 0.0522. The van der Waals surface area contributed by atoms with Crippen LogP contribution in [-0.4, -0.2) is 289 Å². The van der Waals surface area contributed by atoms with Gasteiger partial charge in [-0.3, -0.25) is 43.9 Å². The fourth-order valence-corrected chi connectivity index (χ4v) is 20.2. The number of likely N-dealkylation sites (tertiary alicyclic amines) is 3. The molecule has 0 radical (unpaired) electrons. The predicted molar refractivity (Wildman–Crippen MR) is 454 cm³/mol. The minimum absolute atomic E-state index is 0.00832. The maximum Gasteiger partial charge on any atom is 0.319 e. The lowest BCUT2D eigenvalue weighted by molar-refractivity contribution is -0.129. The number of alkyl halides is 3. The number of ether oxygens (including phenoxy) is 4. The monoisotopic (exact) mass is 1730 g/mol. The molecule has 0 saturated carbocycles. The van der Waals surface area contributed by atoms with E-state index in [0.29, 0.717) is 124 Å². The maximum absolute atomic E-state index is 14.7. The number of fused-ring (bicyclic) bond motifs is 6. The molecule has 3 aromatic carbocycles. The Labute approximate surface area is 728 Å². The van der Waals surface area contributed by atoms with Crippen molar-refractivity contribution in [3.05, 3.63) is 171 Å². The minimum Gasteiger partial charge on any atom is -0.462 e. The van der Waals surface area contributed by atoms with Gasteiger partial charge in [0.1, 0.15) is 54.4 Å². The largest absolute Gasteiger partial charge is 0.462 e. The van der Waals surface area contributed by atoms with Crippen molar-refractivity contribution in [1.29, 1.82) is 15.8 Å². The summed E-state index contributed by atoms with van der Waals surface area (Å²) in [7, 11) is 7.41. The molecule has 656 valence electrons. The highest BCUT2D eigenvalue weighted by Crippen LogP contribution is 2.46. The molecule has 11 aliphatic rings. The summed E-state index contributed by atoms with van der Waals surface area (Å²) >= 11 is 6.28. The van der Waals surface area contributed by atoms with Gasteiger partial charge in [-0.15, -0.1) is 0 Å². The van der Waals surface area contributed by atoms with Crippen molar-refractivity contribution in [2.24, 2.45) is 5.92 Å². The number of anilines is 3. The summed E-state index contributed by atoms with van der Waals surface area (Å²) in [5.41, 5.74) is 11.0. The molecule has 36 heteroatoms. The van der Waals surface area contributed by atoms with Gasteiger partial charge in [-0.2, -0.15) is 50.8 Å².